The zero-order chi connectivity index (χ0) is 103. The molecule has 0 aliphatic heterocycles. The van der Waals surface area contributed by atoms with Crippen LogP contribution in [0.3, 0.4) is 0 Å². The van der Waals surface area contributed by atoms with Crippen molar-refractivity contribution < 1.29 is 80.9 Å². The number of sulfonamides is 4. The molecule has 0 aliphatic rings. The summed E-state index contributed by atoms with van der Waals surface area (Å²) in [4.78, 5) is 51.5. The van der Waals surface area contributed by atoms with E-state index in [0.29, 0.717) is 76.8 Å². The molecule has 0 fully saturated rings. The number of nitrogens with two attached hydrogens (primary N) is 2. The first-order chi connectivity index (χ1) is 65.0. The third-order valence-electron chi connectivity index (χ3n) is 17.4. The first-order valence-corrected chi connectivity index (χ1v) is 50.4. The van der Waals surface area contributed by atoms with Crippen LogP contribution in [0.5, 0.6) is 23.0 Å². The van der Waals surface area contributed by atoms with E-state index in [1.54, 1.807) is 124 Å². The zero-order valence-corrected chi connectivity index (χ0v) is 85.0. The number of halogens is 5. The molecule has 13 aromatic rings. The van der Waals surface area contributed by atoms with Gasteiger partial charge in [-0.1, -0.05) is 162 Å². The van der Waals surface area contributed by atoms with Gasteiger partial charge in [0.2, 0.25) is 49.1 Å². The van der Waals surface area contributed by atoms with Crippen molar-refractivity contribution >= 4 is 153 Å². The number of aromatic nitrogens is 8. The fraction of sp³-hybridized carbons (Fsp3) is 0.213. The highest BCUT2D eigenvalue weighted by molar-refractivity contribution is 8.13. The number of nitro benzene ring substituents is 2. The van der Waals surface area contributed by atoms with Gasteiger partial charge in [0.25, 0.3) is 11.4 Å². The van der Waals surface area contributed by atoms with Gasteiger partial charge in [0.05, 0.1) is 84.1 Å². The average molecular weight is 2090 g/mol. The monoisotopic (exact) mass is 2090 g/mol. The van der Waals surface area contributed by atoms with Crippen molar-refractivity contribution in [1.29, 1.82) is 0 Å². The molecule has 0 radical (unpaired) electrons. The van der Waals surface area contributed by atoms with Crippen molar-refractivity contribution in [3.05, 3.63) is 337 Å². The van der Waals surface area contributed by atoms with Gasteiger partial charge in [-0.05, 0) is 121 Å². The first-order valence-electron chi connectivity index (χ1n) is 39.9. The largest absolute Gasteiger partial charge is 0.497 e. The molecule has 4 heterocycles. The highest BCUT2D eigenvalue weighted by Gasteiger charge is 2.21. The third kappa shape index (κ3) is 43.6. The minimum Gasteiger partial charge on any atom is -0.497 e. The average Bonchev–Trinajstić information content (AvgIpc) is 0.844. The number of hydrogen-bond donors (Lipinski definition) is 6. The van der Waals surface area contributed by atoms with Crippen molar-refractivity contribution in [3.63, 3.8) is 0 Å². The molecule has 738 valence electrons. The molecule has 0 atom stereocenters. The van der Waals surface area contributed by atoms with E-state index in [0.717, 1.165) is 61.0 Å². The maximum atomic E-state index is 12.1. The van der Waals surface area contributed by atoms with Crippen LogP contribution in [0.1, 0.15) is 27.8 Å². The van der Waals surface area contributed by atoms with Crippen LogP contribution in [0.25, 0.3) is 33.8 Å². The predicted octanol–water partition coefficient (Wildman–Crippen LogP) is 13.9. The van der Waals surface area contributed by atoms with Gasteiger partial charge in [0.1, 0.15) is 74.7 Å². The normalized spacial score (nSPS) is 10.8. The minimum absolute atomic E-state index is 0.00889. The molecule has 49 heteroatoms. The number of benzene rings is 9. The lowest BCUT2D eigenvalue weighted by Crippen LogP contribution is -2.30. The molecule has 4 aromatic heterocycles. The molecule has 138 heavy (non-hydrogen) atoms. The molecule has 0 saturated carbocycles. The Morgan fingerprint density at radius 2 is 0.645 bits per heavy atom. The predicted molar refractivity (Wildman–Crippen MR) is 543 cm³/mol. The van der Waals surface area contributed by atoms with E-state index < -0.39 is 71.9 Å². The molecule has 8 N–H and O–H groups in total. The van der Waals surface area contributed by atoms with Crippen LogP contribution in [0.15, 0.2) is 268 Å². The molecular weight excluding hydrogens is 1990 g/mol. The van der Waals surface area contributed by atoms with Crippen LogP contribution >= 0.6 is 57.1 Å². The van der Waals surface area contributed by atoms with Crippen molar-refractivity contribution in [2.75, 3.05) is 116 Å². The summed E-state index contributed by atoms with van der Waals surface area (Å²) >= 11 is 22.4. The Balaban J connectivity index is 0.000000329. The Bertz CT molecular complexity index is 6500. The van der Waals surface area contributed by atoms with Gasteiger partial charge >= 0.3 is 7.12 Å². The fourth-order valence-corrected chi connectivity index (χ4v) is 15.7. The number of methoxy groups -OCH3 is 4. The van der Waals surface area contributed by atoms with E-state index in [9.17, 15) is 62.3 Å². The van der Waals surface area contributed by atoms with Gasteiger partial charge in [-0.15, -0.1) is 0 Å². The van der Waals surface area contributed by atoms with E-state index in [1.807, 2.05) is 105 Å². The summed E-state index contributed by atoms with van der Waals surface area (Å²) in [5.41, 5.74) is 20.9. The lowest BCUT2D eigenvalue weighted by Gasteiger charge is -2.13. The van der Waals surface area contributed by atoms with Gasteiger partial charge in [-0.3, -0.25) is 20.2 Å². The third-order valence-corrected chi connectivity index (χ3v) is 26.5. The first kappa shape index (κ1) is 118. The van der Waals surface area contributed by atoms with Crippen LogP contribution in [0, 0.1) is 20.2 Å². The maximum absolute atomic E-state index is 12.1. The molecule has 0 unspecified atom stereocenters. The number of ether oxygens (including phenoxy) is 4. The molecule has 0 bridgehead atoms. The molecule has 9 aromatic carbocycles. The van der Waals surface area contributed by atoms with Crippen molar-refractivity contribution in [3.8, 4) is 56.8 Å². The SMILES string of the molecule is CN(C)S(=O)(=O)Cc1cccc(N)c1.CN(C)S(=O)(=O)Cc1cccc(N)c1.CN(C)S(=O)(=O)Cc1cccc([N+](=O)[O-])c1.CNC.COc1ccccc1-c1cc(Cl)ncn1.COc1ccccc1-c1cc(Cl)ncn1.COc1ccccc1-c1cc(Nc2cccc(CS(=O)(=O)N(C)C)c2)ncn1.COc1ccccc1B(O)O.Clc1cc(Cl)ncn1.O=[N+]([O-])c1cccc(CS(=O)(=O)Cl)c1. The summed E-state index contributed by atoms with van der Waals surface area (Å²) < 4.78 is 140. The smallest absolute Gasteiger partial charge is 0.492 e. The Morgan fingerprint density at radius 1 is 0.362 bits per heavy atom. The summed E-state index contributed by atoms with van der Waals surface area (Å²) in [7, 11) is 8.84. The standard InChI is InChI=1S/C20H22N4O3S.2C11H9ClN2O.C9H12N2O4S.2C9H14N2O2S.C7H9BO3.C7H6ClNO4S.C4H2Cl2N2.C2H7N/c1-24(2)28(25,26)13-15-7-6-8-16(11-15)23-20-12-18(21-14-22-20)17-9-4-5-10-19(17)27-3;2*1-15-10-5-3-2-4-8(10)9-6-11(12)14-7-13-9;1-10(2)16(14,15)7-8-4-3-5-9(6-8)11(12)13;2*1-11(2)14(12,13)7-8-4-3-5-9(10)6-8;1-11-7-5-3-2-4-6(7)8(9)10;8-14(12,13)5-6-2-1-3-7(4-6)9(10)11;5-3-1-4(6)8-2-7-3;1-3-2/h4-12,14H,13H2,1-3H3,(H,21,22,23);2*2-7H,1H3;3-6H,7H2,1-2H3;2*3-6H,7,10H2,1-2H3;2-5,9-10H,1H3;1-4H,5H2;1-2H;3H,1-2H3. The molecule has 0 spiro atoms. The van der Waals surface area contributed by atoms with Crippen molar-refractivity contribution in [1.82, 2.24) is 62.4 Å². The summed E-state index contributed by atoms with van der Waals surface area (Å²) in [6.07, 6.45) is 5.66. The summed E-state index contributed by atoms with van der Waals surface area (Å²) in [5.74, 6) is 2.63. The zero-order valence-electron chi connectivity index (χ0n) is 77.1. The van der Waals surface area contributed by atoms with Gasteiger partial charge in [-0.25, -0.2) is 99.2 Å². The van der Waals surface area contributed by atoms with Crippen LogP contribution in [-0.2, 0) is 77.9 Å². The van der Waals surface area contributed by atoms with E-state index >= 15 is 0 Å². The van der Waals surface area contributed by atoms with E-state index in [-0.39, 0.29) is 34.4 Å². The maximum Gasteiger partial charge on any atom is 0.492 e. The van der Waals surface area contributed by atoms with Gasteiger partial charge < -0.3 is 51.1 Å². The Labute approximate surface area is 828 Å². The second kappa shape index (κ2) is 59.1. The highest BCUT2D eigenvalue weighted by Crippen LogP contribution is 2.33. The van der Waals surface area contributed by atoms with Crippen LogP contribution in [0.4, 0.5) is 34.3 Å². The number of hydrogen-bond acceptors (Lipinski definition) is 32. The Kier molecular flexibility index (Phi) is 50.5. The van der Waals surface area contributed by atoms with E-state index in [1.165, 1.54) is 150 Å². The number of nitrogens with one attached hydrogen (secondary N) is 2. The molecule has 38 nitrogen and oxygen atoms in total. The summed E-state index contributed by atoms with van der Waals surface area (Å²) in [6, 6.07) is 68.4. The summed E-state index contributed by atoms with van der Waals surface area (Å²) in [5, 5.41) is 46.0. The quantitative estimate of drug-likeness (QED) is 0.00732. The molecule has 0 saturated heterocycles. The Hall–Kier alpha value is -12.3. The number of nitrogen functional groups attached to an aromatic ring is 2. The lowest BCUT2D eigenvalue weighted by molar-refractivity contribution is -0.385. The fourth-order valence-electron chi connectivity index (χ4n) is 10.6. The number of rotatable bonds is 26. The van der Waals surface area contributed by atoms with E-state index in [2.05, 4.69) is 50.5 Å². The second-order valence-corrected chi connectivity index (χ2v) is 41.7. The highest BCUT2D eigenvalue weighted by atomic mass is 35.7. The Morgan fingerprint density at radius 3 is 0.942 bits per heavy atom. The number of nitrogens with zero attached hydrogens (tertiary/aromatic N) is 14. The topological polar surface area (TPSA) is 527 Å². The second-order valence-electron chi connectivity index (χ2n) is 28.6. The van der Waals surface area contributed by atoms with Gasteiger partial charge in [0, 0.05) is 155 Å². The number of nitro groups is 2. The number of anilines is 4. The summed E-state index contributed by atoms with van der Waals surface area (Å²) in [6.45, 7) is 0. The number of para-hydroxylation sites is 4. The van der Waals surface area contributed by atoms with Crippen molar-refractivity contribution in [2.45, 2.75) is 28.8 Å². The molecular formula is C89H104BCl5N18O20S5. The van der Waals surface area contributed by atoms with Gasteiger partial charge in [0.15, 0.2) is 0 Å². The number of non-ortho nitro benzene ring substituents is 2. The minimum atomic E-state index is -3.67. The van der Waals surface area contributed by atoms with Crippen LogP contribution in [-0.4, -0.2) is 225 Å². The van der Waals surface area contributed by atoms with E-state index in [4.69, 9.17) is 97.5 Å². The van der Waals surface area contributed by atoms with Crippen LogP contribution in [0.2, 0.25) is 20.6 Å². The van der Waals surface area contributed by atoms with Crippen molar-refractivity contribution in [2.24, 2.45) is 0 Å². The van der Waals surface area contributed by atoms with Gasteiger partial charge in [-0.2, -0.15) is 0 Å². The molecule has 13 rings (SSSR count). The lowest BCUT2D eigenvalue weighted by atomic mass is 9.80. The van der Waals surface area contributed by atoms with Crippen LogP contribution < -0.4 is 46.5 Å². The molecule has 0 amide bonds. The molecule has 0 aliphatic carbocycles.